The van der Waals surface area contributed by atoms with Crippen LogP contribution in [0.5, 0.6) is 0 Å². The molecule has 2 rings (SSSR count). The lowest BCUT2D eigenvalue weighted by atomic mass is 10.1. The van der Waals surface area contributed by atoms with Gasteiger partial charge in [-0.3, -0.25) is 4.79 Å². The van der Waals surface area contributed by atoms with E-state index in [1.807, 2.05) is 0 Å². The molecule has 7 nitrogen and oxygen atoms in total. The minimum Gasteiger partial charge on any atom is -0.449 e. The molecule has 2 aromatic carbocycles. The third kappa shape index (κ3) is 4.87. The lowest BCUT2D eigenvalue weighted by Gasteiger charge is -2.14. The van der Waals surface area contributed by atoms with Crippen LogP contribution in [0.3, 0.4) is 0 Å². The first-order chi connectivity index (χ1) is 12.1. The molecule has 9 heteroatoms. The first kappa shape index (κ1) is 19.5. The van der Waals surface area contributed by atoms with Gasteiger partial charge in [0.2, 0.25) is 10.0 Å². The van der Waals surface area contributed by atoms with Crippen LogP contribution >= 0.6 is 0 Å². The van der Waals surface area contributed by atoms with Crippen LogP contribution in [0.25, 0.3) is 0 Å². The molecule has 0 bridgehead atoms. The Morgan fingerprint density at radius 2 is 1.77 bits per heavy atom. The van der Waals surface area contributed by atoms with Gasteiger partial charge in [0.05, 0.1) is 10.5 Å². The van der Waals surface area contributed by atoms with Crippen LogP contribution in [-0.4, -0.2) is 26.4 Å². The van der Waals surface area contributed by atoms with Crippen molar-refractivity contribution < 1.29 is 27.1 Å². The van der Waals surface area contributed by atoms with Gasteiger partial charge in [-0.25, -0.2) is 22.7 Å². The summed E-state index contributed by atoms with van der Waals surface area (Å²) in [6, 6.07) is 9.03. The minimum atomic E-state index is -3.83. The van der Waals surface area contributed by atoms with Crippen LogP contribution in [0.15, 0.2) is 47.4 Å². The second-order valence-corrected chi connectivity index (χ2v) is 7.13. The Kier molecular flexibility index (Phi) is 5.73. The van der Waals surface area contributed by atoms with Gasteiger partial charge in [-0.1, -0.05) is 6.07 Å². The molecule has 0 spiro atoms. The quantitative estimate of drug-likeness (QED) is 0.770. The van der Waals surface area contributed by atoms with Gasteiger partial charge < -0.3 is 10.1 Å². The number of halogens is 1. The van der Waals surface area contributed by atoms with Crippen molar-refractivity contribution in [2.45, 2.75) is 24.8 Å². The summed E-state index contributed by atoms with van der Waals surface area (Å²) < 4.78 is 40.9. The Labute approximate surface area is 150 Å². The van der Waals surface area contributed by atoms with Crippen molar-refractivity contribution in [3.8, 4) is 0 Å². The van der Waals surface area contributed by atoms with Gasteiger partial charge >= 0.3 is 5.97 Å². The number of anilines is 1. The van der Waals surface area contributed by atoms with Gasteiger partial charge in [0.25, 0.3) is 5.91 Å². The smallest absolute Gasteiger partial charge is 0.339 e. The van der Waals surface area contributed by atoms with Crippen molar-refractivity contribution in [3.63, 3.8) is 0 Å². The van der Waals surface area contributed by atoms with E-state index in [4.69, 9.17) is 9.88 Å². The molecule has 2 aromatic rings. The van der Waals surface area contributed by atoms with E-state index in [2.05, 4.69) is 5.32 Å². The number of rotatable bonds is 5. The molecule has 3 N–H and O–H groups in total. The molecule has 0 aliphatic carbocycles. The van der Waals surface area contributed by atoms with Crippen molar-refractivity contribution in [1.29, 1.82) is 0 Å². The summed E-state index contributed by atoms with van der Waals surface area (Å²) in [5.74, 6) is -2.02. The predicted molar refractivity (Wildman–Crippen MR) is 92.5 cm³/mol. The summed E-state index contributed by atoms with van der Waals surface area (Å²) in [5.41, 5.74) is 0.673. The van der Waals surface area contributed by atoms with Crippen LogP contribution in [0.1, 0.15) is 22.8 Å². The number of amides is 1. The van der Waals surface area contributed by atoms with E-state index < -0.39 is 33.8 Å². The number of benzene rings is 2. The number of primary sulfonamides is 1. The van der Waals surface area contributed by atoms with Crippen LogP contribution < -0.4 is 10.5 Å². The molecule has 0 saturated heterocycles. The normalized spacial score (nSPS) is 12.3. The van der Waals surface area contributed by atoms with E-state index in [0.29, 0.717) is 11.3 Å². The first-order valence-electron chi connectivity index (χ1n) is 7.49. The average molecular weight is 380 g/mol. The fourth-order valence-electron chi connectivity index (χ4n) is 1.97. The molecule has 0 saturated carbocycles. The summed E-state index contributed by atoms with van der Waals surface area (Å²) in [7, 11) is -3.83. The Balaban J connectivity index is 2.00. The fourth-order valence-corrected chi connectivity index (χ4v) is 2.49. The molecule has 0 aromatic heterocycles. The summed E-state index contributed by atoms with van der Waals surface area (Å²) in [6.45, 7) is 2.91. The largest absolute Gasteiger partial charge is 0.449 e. The Hall–Kier alpha value is -2.78. The number of esters is 1. The molecule has 138 valence electrons. The van der Waals surface area contributed by atoms with E-state index in [0.717, 1.165) is 6.07 Å². The van der Waals surface area contributed by atoms with Crippen LogP contribution in [-0.2, 0) is 19.6 Å². The van der Waals surface area contributed by atoms with E-state index in [-0.39, 0.29) is 10.5 Å². The second-order valence-electron chi connectivity index (χ2n) is 5.57. The number of hydrogen-bond acceptors (Lipinski definition) is 5. The zero-order valence-corrected chi connectivity index (χ0v) is 14.8. The fraction of sp³-hybridized carbons (Fsp3) is 0.176. The SMILES string of the molecule is Cc1ccc(C(=O)O[C@H](C)C(=O)Nc2ccc(S(N)(=O)=O)cc2)cc1F. The maximum atomic E-state index is 13.5. The van der Waals surface area contributed by atoms with Gasteiger partial charge in [-0.05, 0) is 55.8 Å². The summed E-state index contributed by atoms with van der Waals surface area (Å²) in [5, 5.41) is 7.46. The van der Waals surface area contributed by atoms with Crippen molar-refractivity contribution in [2.75, 3.05) is 5.32 Å². The summed E-state index contributed by atoms with van der Waals surface area (Å²) >= 11 is 0. The molecule has 0 heterocycles. The van der Waals surface area contributed by atoms with Crippen molar-refractivity contribution in [2.24, 2.45) is 5.14 Å². The predicted octanol–water partition coefficient (Wildman–Crippen LogP) is 1.97. The standard InChI is InChI=1S/C17H17FN2O5S/c1-10-3-4-12(9-15(10)18)17(22)25-11(2)16(21)20-13-5-7-14(8-6-13)26(19,23)24/h3-9,11H,1-2H3,(H,20,21)(H2,19,23,24)/t11-/m1/s1. The molecule has 0 aliphatic rings. The average Bonchev–Trinajstić information content (AvgIpc) is 2.56. The van der Waals surface area contributed by atoms with Gasteiger partial charge in [-0.15, -0.1) is 0 Å². The highest BCUT2D eigenvalue weighted by molar-refractivity contribution is 7.89. The third-order valence-corrected chi connectivity index (χ3v) is 4.44. The Bertz CT molecular complexity index is 942. The number of nitrogens with one attached hydrogen (secondary N) is 1. The van der Waals surface area contributed by atoms with Crippen molar-refractivity contribution in [1.82, 2.24) is 0 Å². The molecule has 0 radical (unpaired) electrons. The minimum absolute atomic E-state index is 0.00902. The summed E-state index contributed by atoms with van der Waals surface area (Å²) in [6.07, 6.45) is -1.15. The number of ether oxygens (including phenoxy) is 1. The highest BCUT2D eigenvalue weighted by Crippen LogP contribution is 2.14. The number of nitrogens with two attached hydrogens (primary N) is 1. The molecule has 1 atom stereocenters. The molecule has 0 aliphatic heterocycles. The molecular weight excluding hydrogens is 363 g/mol. The first-order valence-corrected chi connectivity index (χ1v) is 9.03. The van der Waals surface area contributed by atoms with E-state index >= 15 is 0 Å². The highest BCUT2D eigenvalue weighted by atomic mass is 32.2. The monoisotopic (exact) mass is 380 g/mol. The molecule has 0 fully saturated rings. The van der Waals surface area contributed by atoms with E-state index in [1.165, 1.54) is 43.3 Å². The van der Waals surface area contributed by atoms with Crippen LogP contribution in [0.2, 0.25) is 0 Å². The maximum absolute atomic E-state index is 13.5. The Morgan fingerprint density at radius 3 is 2.31 bits per heavy atom. The van der Waals surface area contributed by atoms with Gasteiger partial charge in [-0.2, -0.15) is 0 Å². The van der Waals surface area contributed by atoms with Gasteiger partial charge in [0, 0.05) is 5.69 Å². The number of hydrogen-bond donors (Lipinski definition) is 2. The van der Waals surface area contributed by atoms with Gasteiger partial charge in [0.15, 0.2) is 6.10 Å². The molecular formula is C17H17FN2O5S. The lowest BCUT2D eigenvalue weighted by Crippen LogP contribution is -2.30. The summed E-state index contributed by atoms with van der Waals surface area (Å²) in [4.78, 5) is 24.0. The number of sulfonamides is 1. The van der Waals surface area contributed by atoms with E-state index in [1.54, 1.807) is 6.92 Å². The Morgan fingerprint density at radius 1 is 1.15 bits per heavy atom. The zero-order valence-electron chi connectivity index (χ0n) is 14.0. The number of carbonyl (C=O) groups excluding carboxylic acids is 2. The van der Waals surface area contributed by atoms with Crippen molar-refractivity contribution >= 4 is 27.6 Å². The zero-order chi connectivity index (χ0) is 19.5. The lowest BCUT2D eigenvalue weighted by molar-refractivity contribution is -0.123. The second kappa shape index (κ2) is 7.63. The third-order valence-electron chi connectivity index (χ3n) is 3.51. The van der Waals surface area contributed by atoms with Crippen LogP contribution in [0.4, 0.5) is 10.1 Å². The highest BCUT2D eigenvalue weighted by Gasteiger charge is 2.20. The van der Waals surface area contributed by atoms with Crippen molar-refractivity contribution in [3.05, 3.63) is 59.4 Å². The molecule has 0 unspecified atom stereocenters. The van der Waals surface area contributed by atoms with E-state index in [9.17, 15) is 22.4 Å². The van der Waals surface area contributed by atoms with Gasteiger partial charge in [0.1, 0.15) is 5.82 Å². The number of carbonyl (C=O) groups is 2. The number of aryl methyl sites for hydroxylation is 1. The topological polar surface area (TPSA) is 116 Å². The molecule has 1 amide bonds. The van der Waals surface area contributed by atoms with Crippen LogP contribution in [0, 0.1) is 12.7 Å². The molecule has 26 heavy (non-hydrogen) atoms. The maximum Gasteiger partial charge on any atom is 0.339 e.